The highest BCUT2D eigenvalue weighted by atomic mass is 32.2. The topological polar surface area (TPSA) is 68.5 Å². The Morgan fingerprint density at radius 3 is 2.55 bits per heavy atom. The number of rotatable bonds is 6. The first-order chi connectivity index (χ1) is 10.6. The van der Waals surface area contributed by atoms with E-state index in [1.165, 1.54) is 19.6 Å². The Kier molecular flexibility index (Phi) is 5.66. The molecule has 1 amide bonds. The predicted molar refractivity (Wildman–Crippen MR) is 83.8 cm³/mol. The maximum atomic E-state index is 12.2. The first-order valence-corrected chi connectivity index (χ1v) is 7.90. The fourth-order valence-electron chi connectivity index (χ4n) is 1.97. The van der Waals surface area contributed by atoms with Gasteiger partial charge in [0.05, 0.1) is 31.4 Å². The van der Waals surface area contributed by atoms with Crippen molar-refractivity contribution < 1.29 is 18.7 Å². The van der Waals surface area contributed by atoms with Crippen molar-refractivity contribution in [3.05, 3.63) is 54.0 Å². The number of thioether (sulfide) groups is 1. The van der Waals surface area contributed by atoms with E-state index in [4.69, 9.17) is 9.15 Å². The molecule has 1 atom stereocenters. The normalized spacial score (nSPS) is 11.7. The molecule has 0 aliphatic heterocycles. The van der Waals surface area contributed by atoms with E-state index in [2.05, 4.69) is 5.32 Å². The first-order valence-electron chi connectivity index (χ1n) is 6.68. The van der Waals surface area contributed by atoms with Crippen molar-refractivity contribution in [1.82, 2.24) is 5.32 Å². The summed E-state index contributed by atoms with van der Waals surface area (Å²) in [7, 11) is 1.33. The number of carbonyl (C=O) groups is 2. The van der Waals surface area contributed by atoms with Crippen molar-refractivity contribution in [1.29, 1.82) is 0 Å². The van der Waals surface area contributed by atoms with E-state index < -0.39 is 6.04 Å². The quantitative estimate of drug-likeness (QED) is 0.655. The minimum absolute atomic E-state index is 0.0682. The Balaban J connectivity index is 2.17. The summed E-state index contributed by atoms with van der Waals surface area (Å²) in [6, 6.07) is 8.82. The summed E-state index contributed by atoms with van der Waals surface area (Å²) in [5.41, 5.74) is 1.26. The van der Waals surface area contributed by atoms with Crippen molar-refractivity contribution >= 4 is 23.6 Å². The largest absolute Gasteiger partial charge is 0.472 e. The number of hydrogen-bond donors (Lipinski definition) is 1. The molecular weight excluding hydrogens is 302 g/mol. The summed E-state index contributed by atoms with van der Waals surface area (Å²) in [5.74, 6) is -0.678. The maximum absolute atomic E-state index is 12.2. The molecule has 0 spiro atoms. The molecule has 1 aromatic heterocycles. The van der Waals surface area contributed by atoms with E-state index in [1.54, 1.807) is 17.8 Å². The third kappa shape index (κ3) is 4.14. The van der Waals surface area contributed by atoms with Gasteiger partial charge in [0, 0.05) is 4.90 Å². The van der Waals surface area contributed by atoms with Gasteiger partial charge in [-0.05, 0) is 30.0 Å². The lowest BCUT2D eigenvalue weighted by Gasteiger charge is -2.18. The molecular formula is C16H17NO4S. The van der Waals surface area contributed by atoms with Crippen LogP contribution in [0.15, 0.2) is 52.2 Å². The molecule has 2 rings (SSSR count). The Morgan fingerprint density at radius 1 is 1.27 bits per heavy atom. The molecule has 0 radical (unpaired) electrons. The van der Waals surface area contributed by atoms with Crippen LogP contribution in [-0.4, -0.2) is 25.2 Å². The van der Waals surface area contributed by atoms with E-state index in [9.17, 15) is 9.59 Å². The van der Waals surface area contributed by atoms with Crippen LogP contribution < -0.4 is 5.32 Å². The second-order valence-corrected chi connectivity index (χ2v) is 5.47. The van der Waals surface area contributed by atoms with Gasteiger partial charge in [-0.3, -0.25) is 9.59 Å². The average molecular weight is 319 g/mol. The minimum atomic E-state index is -0.453. The highest BCUT2D eigenvalue weighted by Crippen LogP contribution is 2.22. The molecule has 0 fully saturated rings. The van der Waals surface area contributed by atoms with Crippen LogP contribution in [0.2, 0.25) is 0 Å². The van der Waals surface area contributed by atoms with Crippen LogP contribution in [0, 0.1) is 0 Å². The summed E-state index contributed by atoms with van der Waals surface area (Å²) in [6.45, 7) is 0. The monoisotopic (exact) mass is 319 g/mol. The smallest absolute Gasteiger partial charge is 0.307 e. The molecule has 5 nitrogen and oxygen atoms in total. The van der Waals surface area contributed by atoms with Crippen LogP contribution in [0.3, 0.4) is 0 Å². The van der Waals surface area contributed by atoms with E-state index >= 15 is 0 Å². The maximum Gasteiger partial charge on any atom is 0.307 e. The Bertz CT molecular complexity index is 622. The molecule has 1 aromatic carbocycles. The van der Waals surface area contributed by atoms with Crippen LogP contribution in [0.4, 0.5) is 0 Å². The number of benzene rings is 1. The summed E-state index contributed by atoms with van der Waals surface area (Å²) < 4.78 is 9.61. The van der Waals surface area contributed by atoms with Gasteiger partial charge in [0.25, 0.3) is 5.91 Å². The van der Waals surface area contributed by atoms with Crippen LogP contribution in [0.5, 0.6) is 0 Å². The van der Waals surface area contributed by atoms with E-state index in [0.29, 0.717) is 5.56 Å². The van der Waals surface area contributed by atoms with E-state index in [-0.39, 0.29) is 18.3 Å². The third-order valence-electron chi connectivity index (χ3n) is 3.21. The lowest BCUT2D eigenvalue weighted by Crippen LogP contribution is -2.30. The second kappa shape index (κ2) is 7.70. The standard InChI is InChI=1S/C16H17NO4S/c1-20-15(18)9-14(11-3-5-13(22-2)6-4-11)17-16(19)12-7-8-21-10-12/h3-8,10,14H,9H2,1-2H3,(H,17,19). The van der Waals surface area contributed by atoms with Crippen molar-refractivity contribution in [2.75, 3.05) is 13.4 Å². The van der Waals surface area contributed by atoms with Gasteiger partial charge in [0.15, 0.2) is 0 Å². The predicted octanol–water partition coefficient (Wildman–Crippen LogP) is 3.04. The Labute approximate surface area is 133 Å². The molecule has 2 aromatic rings. The van der Waals surface area contributed by atoms with Gasteiger partial charge in [0.1, 0.15) is 6.26 Å². The van der Waals surface area contributed by atoms with Crippen LogP contribution in [0.1, 0.15) is 28.4 Å². The lowest BCUT2D eigenvalue weighted by atomic mass is 10.0. The number of carbonyl (C=O) groups excluding carboxylic acids is 2. The van der Waals surface area contributed by atoms with Gasteiger partial charge in [-0.1, -0.05) is 12.1 Å². The number of esters is 1. The van der Waals surface area contributed by atoms with Gasteiger partial charge in [0.2, 0.25) is 0 Å². The highest BCUT2D eigenvalue weighted by molar-refractivity contribution is 7.98. The summed E-state index contributed by atoms with van der Waals surface area (Å²) in [6.07, 6.45) is 4.85. The molecule has 6 heteroatoms. The summed E-state index contributed by atoms with van der Waals surface area (Å²) >= 11 is 1.63. The van der Waals surface area contributed by atoms with Gasteiger partial charge < -0.3 is 14.5 Å². The van der Waals surface area contributed by atoms with Crippen molar-refractivity contribution in [2.45, 2.75) is 17.4 Å². The fraction of sp³-hybridized carbons (Fsp3) is 0.250. The van der Waals surface area contributed by atoms with Crippen LogP contribution in [0.25, 0.3) is 0 Å². The molecule has 1 heterocycles. The summed E-state index contributed by atoms with van der Waals surface area (Å²) in [4.78, 5) is 24.9. The molecule has 0 aliphatic rings. The SMILES string of the molecule is COC(=O)CC(NC(=O)c1ccoc1)c1ccc(SC)cc1. The van der Waals surface area contributed by atoms with E-state index in [0.717, 1.165) is 10.5 Å². The van der Waals surface area contributed by atoms with Crippen molar-refractivity contribution in [3.8, 4) is 0 Å². The molecule has 22 heavy (non-hydrogen) atoms. The summed E-state index contributed by atoms with van der Waals surface area (Å²) in [5, 5.41) is 2.83. The lowest BCUT2D eigenvalue weighted by molar-refractivity contribution is -0.141. The second-order valence-electron chi connectivity index (χ2n) is 4.59. The van der Waals surface area contributed by atoms with Crippen molar-refractivity contribution in [3.63, 3.8) is 0 Å². The molecule has 116 valence electrons. The Morgan fingerprint density at radius 2 is 2.00 bits per heavy atom. The van der Waals surface area contributed by atoms with Gasteiger partial charge in [-0.25, -0.2) is 0 Å². The molecule has 0 bridgehead atoms. The zero-order chi connectivity index (χ0) is 15.9. The molecule has 1 unspecified atom stereocenters. The van der Waals surface area contributed by atoms with Crippen LogP contribution in [-0.2, 0) is 9.53 Å². The molecule has 0 saturated carbocycles. The number of nitrogens with one attached hydrogen (secondary N) is 1. The van der Waals surface area contributed by atoms with Gasteiger partial charge in [-0.15, -0.1) is 11.8 Å². The highest BCUT2D eigenvalue weighted by Gasteiger charge is 2.20. The number of amides is 1. The number of ether oxygens (including phenoxy) is 1. The van der Waals surface area contributed by atoms with Crippen molar-refractivity contribution in [2.24, 2.45) is 0 Å². The fourth-order valence-corrected chi connectivity index (χ4v) is 2.38. The van der Waals surface area contributed by atoms with Crippen LogP contribution >= 0.6 is 11.8 Å². The number of methoxy groups -OCH3 is 1. The minimum Gasteiger partial charge on any atom is -0.472 e. The number of hydrogen-bond acceptors (Lipinski definition) is 5. The third-order valence-corrected chi connectivity index (χ3v) is 3.95. The zero-order valence-corrected chi connectivity index (χ0v) is 13.2. The van der Waals surface area contributed by atoms with Gasteiger partial charge >= 0.3 is 5.97 Å². The average Bonchev–Trinajstić information content (AvgIpc) is 3.08. The Hall–Kier alpha value is -2.21. The molecule has 0 saturated heterocycles. The zero-order valence-electron chi connectivity index (χ0n) is 12.4. The van der Waals surface area contributed by atoms with E-state index in [1.807, 2.05) is 30.5 Å². The first kappa shape index (κ1) is 16.2. The number of furan rings is 1. The molecule has 1 N–H and O–H groups in total. The molecule has 0 aliphatic carbocycles. The van der Waals surface area contributed by atoms with Gasteiger partial charge in [-0.2, -0.15) is 0 Å².